The number of hydrogen-bond acceptors (Lipinski definition) is 3. The Bertz CT molecular complexity index is 281. The third-order valence-corrected chi connectivity index (χ3v) is 2.64. The molecule has 4 nitrogen and oxygen atoms in total. The number of likely N-dealkylation sites (N-methyl/N-ethyl adjacent to an activating group) is 1. The van der Waals surface area contributed by atoms with Crippen LogP contribution in [0.15, 0.2) is 0 Å². The summed E-state index contributed by atoms with van der Waals surface area (Å²) in [4.78, 5) is 14.4. The highest BCUT2D eigenvalue weighted by Gasteiger charge is 2.39. The molecule has 1 fully saturated rings. The summed E-state index contributed by atoms with van der Waals surface area (Å²) in [5, 5.41) is 9.44. The summed E-state index contributed by atoms with van der Waals surface area (Å²) in [5.41, 5.74) is 0. The number of rotatable bonds is 3. The minimum absolute atomic E-state index is 0.00653. The predicted octanol–water partition coefficient (Wildman–Crippen LogP) is 0.462. The fourth-order valence-electron chi connectivity index (χ4n) is 2.07. The zero-order chi connectivity index (χ0) is 13.2. The number of β-amino-alcohol motifs (C(OH)–C–C–N with tert-alkyl or cyclic N) is 1. The molecule has 0 aliphatic carbocycles. The molecule has 17 heavy (non-hydrogen) atoms. The van der Waals surface area contributed by atoms with Crippen LogP contribution in [0.25, 0.3) is 0 Å². The smallest absolute Gasteiger partial charge is 0.391 e. The van der Waals surface area contributed by atoms with E-state index in [2.05, 4.69) is 0 Å². The SMILES string of the molecule is CN(C)CC1CC(O)CN1C(=O)CC(F)(F)F. The molecule has 1 rings (SSSR count). The summed E-state index contributed by atoms with van der Waals surface area (Å²) in [6.45, 7) is 0.452. The van der Waals surface area contributed by atoms with Crippen LogP contribution in [0.5, 0.6) is 0 Å². The largest absolute Gasteiger partial charge is 0.397 e. The molecule has 0 saturated carbocycles. The van der Waals surface area contributed by atoms with E-state index in [0.717, 1.165) is 4.90 Å². The van der Waals surface area contributed by atoms with E-state index < -0.39 is 24.6 Å². The summed E-state index contributed by atoms with van der Waals surface area (Å²) < 4.78 is 36.4. The van der Waals surface area contributed by atoms with Crippen molar-refractivity contribution in [2.75, 3.05) is 27.2 Å². The third-order valence-electron chi connectivity index (χ3n) is 2.64. The number of hydrogen-bond donors (Lipinski definition) is 1. The van der Waals surface area contributed by atoms with Gasteiger partial charge in [-0.2, -0.15) is 13.2 Å². The summed E-state index contributed by atoms with van der Waals surface area (Å²) in [6.07, 6.45) is -6.34. The number of amides is 1. The van der Waals surface area contributed by atoms with Gasteiger partial charge in [-0.05, 0) is 20.5 Å². The van der Waals surface area contributed by atoms with Crippen molar-refractivity contribution in [1.82, 2.24) is 9.80 Å². The number of nitrogens with zero attached hydrogens (tertiary/aromatic N) is 2. The minimum Gasteiger partial charge on any atom is -0.391 e. The van der Waals surface area contributed by atoms with Crippen LogP contribution in [-0.2, 0) is 4.79 Å². The Hall–Kier alpha value is -0.820. The quantitative estimate of drug-likeness (QED) is 0.796. The van der Waals surface area contributed by atoms with Crippen LogP contribution in [0.1, 0.15) is 12.8 Å². The second-order valence-electron chi connectivity index (χ2n) is 4.64. The molecule has 1 heterocycles. The number of alkyl halides is 3. The number of halogens is 3. The maximum absolute atomic E-state index is 12.1. The van der Waals surface area contributed by atoms with Gasteiger partial charge in [-0.25, -0.2) is 0 Å². The molecule has 1 N–H and O–H groups in total. The number of carbonyl (C=O) groups is 1. The van der Waals surface area contributed by atoms with Gasteiger partial charge in [0.1, 0.15) is 6.42 Å². The number of carbonyl (C=O) groups excluding carboxylic acids is 1. The maximum atomic E-state index is 12.1. The van der Waals surface area contributed by atoms with E-state index in [9.17, 15) is 23.1 Å². The molecule has 1 amide bonds. The van der Waals surface area contributed by atoms with Crippen molar-refractivity contribution in [2.45, 2.75) is 31.2 Å². The molecule has 2 unspecified atom stereocenters. The first-order chi connectivity index (χ1) is 7.69. The fraction of sp³-hybridized carbons (Fsp3) is 0.900. The highest BCUT2D eigenvalue weighted by Crippen LogP contribution is 2.25. The molecule has 1 aliphatic rings. The Morgan fingerprint density at radius 1 is 1.47 bits per heavy atom. The Morgan fingerprint density at radius 3 is 2.53 bits per heavy atom. The van der Waals surface area contributed by atoms with E-state index in [0.29, 0.717) is 13.0 Å². The van der Waals surface area contributed by atoms with Gasteiger partial charge in [0.15, 0.2) is 0 Å². The summed E-state index contributed by atoms with van der Waals surface area (Å²) in [6, 6.07) is -0.338. The lowest BCUT2D eigenvalue weighted by atomic mass is 10.2. The van der Waals surface area contributed by atoms with E-state index in [1.165, 1.54) is 0 Å². The van der Waals surface area contributed by atoms with Crippen LogP contribution in [-0.4, -0.2) is 66.3 Å². The van der Waals surface area contributed by atoms with Crippen molar-refractivity contribution >= 4 is 5.91 Å². The van der Waals surface area contributed by atoms with Crippen molar-refractivity contribution in [3.63, 3.8) is 0 Å². The zero-order valence-corrected chi connectivity index (χ0v) is 9.87. The maximum Gasteiger partial charge on any atom is 0.397 e. The molecule has 100 valence electrons. The summed E-state index contributed by atoms with van der Waals surface area (Å²) in [7, 11) is 3.55. The van der Waals surface area contributed by atoms with E-state index in [4.69, 9.17) is 0 Å². The molecule has 7 heteroatoms. The normalized spacial score (nSPS) is 25.7. The Morgan fingerprint density at radius 2 is 2.06 bits per heavy atom. The molecule has 0 aromatic carbocycles. The van der Waals surface area contributed by atoms with Gasteiger partial charge in [0.2, 0.25) is 5.91 Å². The van der Waals surface area contributed by atoms with Crippen LogP contribution in [0, 0.1) is 0 Å². The molecular formula is C10H17F3N2O2. The number of aliphatic hydroxyl groups is 1. The molecule has 0 aromatic rings. The van der Waals surface area contributed by atoms with Gasteiger partial charge < -0.3 is 14.9 Å². The first-order valence-corrected chi connectivity index (χ1v) is 5.38. The monoisotopic (exact) mass is 254 g/mol. The van der Waals surface area contributed by atoms with Crippen molar-refractivity contribution in [3.8, 4) is 0 Å². The summed E-state index contributed by atoms with van der Waals surface area (Å²) >= 11 is 0. The van der Waals surface area contributed by atoms with Gasteiger partial charge in [0.25, 0.3) is 0 Å². The average molecular weight is 254 g/mol. The third kappa shape index (κ3) is 4.51. The van der Waals surface area contributed by atoms with E-state index in [1.54, 1.807) is 19.0 Å². The number of likely N-dealkylation sites (tertiary alicyclic amines) is 1. The lowest BCUT2D eigenvalue weighted by molar-refractivity contribution is -0.162. The Balaban J connectivity index is 2.63. The van der Waals surface area contributed by atoms with Gasteiger partial charge in [0, 0.05) is 19.1 Å². The fourth-order valence-corrected chi connectivity index (χ4v) is 2.07. The number of aliphatic hydroxyl groups excluding tert-OH is 1. The first kappa shape index (κ1) is 14.2. The second-order valence-corrected chi connectivity index (χ2v) is 4.64. The molecule has 0 aromatic heterocycles. The highest BCUT2D eigenvalue weighted by atomic mass is 19.4. The van der Waals surface area contributed by atoms with E-state index >= 15 is 0 Å². The predicted molar refractivity (Wildman–Crippen MR) is 55.4 cm³/mol. The molecule has 1 saturated heterocycles. The lowest BCUT2D eigenvalue weighted by Gasteiger charge is -2.27. The van der Waals surface area contributed by atoms with Crippen LogP contribution in [0.3, 0.4) is 0 Å². The van der Waals surface area contributed by atoms with Crippen LogP contribution in [0.2, 0.25) is 0 Å². The topological polar surface area (TPSA) is 43.8 Å². The molecule has 2 atom stereocenters. The molecule has 0 spiro atoms. The van der Waals surface area contributed by atoms with Crippen molar-refractivity contribution in [3.05, 3.63) is 0 Å². The highest BCUT2D eigenvalue weighted by molar-refractivity contribution is 5.77. The second kappa shape index (κ2) is 5.22. The van der Waals surface area contributed by atoms with Gasteiger partial charge in [-0.1, -0.05) is 0 Å². The van der Waals surface area contributed by atoms with Crippen molar-refractivity contribution in [1.29, 1.82) is 0 Å². The van der Waals surface area contributed by atoms with Gasteiger partial charge in [0.05, 0.1) is 6.10 Å². The standard InChI is InChI=1S/C10H17F3N2O2/c1-14(2)5-7-3-8(16)6-15(7)9(17)4-10(11,12)13/h7-8,16H,3-6H2,1-2H3. The van der Waals surface area contributed by atoms with Crippen molar-refractivity contribution < 1.29 is 23.1 Å². The molecule has 0 bridgehead atoms. The Kier molecular flexibility index (Phi) is 4.37. The summed E-state index contributed by atoms with van der Waals surface area (Å²) in [5.74, 6) is -0.957. The van der Waals surface area contributed by atoms with E-state index in [-0.39, 0.29) is 12.6 Å². The lowest BCUT2D eigenvalue weighted by Crippen LogP contribution is -2.42. The van der Waals surface area contributed by atoms with Crippen LogP contribution in [0.4, 0.5) is 13.2 Å². The van der Waals surface area contributed by atoms with Crippen molar-refractivity contribution in [2.24, 2.45) is 0 Å². The van der Waals surface area contributed by atoms with Gasteiger partial charge in [-0.3, -0.25) is 4.79 Å². The molecule has 1 aliphatic heterocycles. The Labute approximate surface area is 98.0 Å². The average Bonchev–Trinajstić information content (AvgIpc) is 2.42. The van der Waals surface area contributed by atoms with Crippen LogP contribution >= 0.6 is 0 Å². The minimum atomic E-state index is -4.49. The molecule has 0 radical (unpaired) electrons. The van der Waals surface area contributed by atoms with Gasteiger partial charge >= 0.3 is 6.18 Å². The van der Waals surface area contributed by atoms with Gasteiger partial charge in [-0.15, -0.1) is 0 Å². The van der Waals surface area contributed by atoms with E-state index in [1.807, 2.05) is 0 Å². The zero-order valence-electron chi connectivity index (χ0n) is 9.87. The molecular weight excluding hydrogens is 237 g/mol. The first-order valence-electron chi connectivity index (χ1n) is 5.38. The van der Waals surface area contributed by atoms with Crippen LogP contribution < -0.4 is 0 Å².